The summed E-state index contributed by atoms with van der Waals surface area (Å²) >= 11 is 3.57. The molecule has 0 amide bonds. The Morgan fingerprint density at radius 1 is 1.47 bits per heavy atom. The highest BCUT2D eigenvalue weighted by atomic mass is 79.9. The first-order valence-corrected chi connectivity index (χ1v) is 6.77. The molecule has 4 heteroatoms. The van der Waals surface area contributed by atoms with E-state index in [1.165, 1.54) is 5.69 Å². The van der Waals surface area contributed by atoms with Gasteiger partial charge in [-0.1, -0.05) is 6.92 Å². The number of nitrogens with zero attached hydrogens (tertiary/aromatic N) is 1. The lowest BCUT2D eigenvalue weighted by Crippen LogP contribution is -2.42. The Labute approximate surface area is 111 Å². The molecule has 17 heavy (non-hydrogen) atoms. The first-order valence-electron chi connectivity index (χ1n) is 5.97. The highest BCUT2D eigenvalue weighted by molar-refractivity contribution is 9.10. The smallest absolute Gasteiger partial charge is 0.0599 e. The third kappa shape index (κ3) is 2.58. The number of hydrogen-bond acceptors (Lipinski definition) is 3. The first kappa shape index (κ1) is 12.7. The number of aryl methyl sites for hydroxylation is 1. The largest absolute Gasteiger partial charge is 0.398 e. The van der Waals surface area contributed by atoms with E-state index in [4.69, 9.17) is 5.73 Å². The molecule has 1 saturated heterocycles. The lowest BCUT2D eigenvalue weighted by atomic mass is 9.96. The summed E-state index contributed by atoms with van der Waals surface area (Å²) in [5, 5.41) is 9.75. The molecule has 1 fully saturated rings. The Hall–Kier alpha value is -0.740. The van der Waals surface area contributed by atoms with Crippen LogP contribution in [0.25, 0.3) is 0 Å². The van der Waals surface area contributed by atoms with Gasteiger partial charge in [0.1, 0.15) is 0 Å². The fraction of sp³-hybridized carbons (Fsp3) is 0.538. The van der Waals surface area contributed by atoms with Gasteiger partial charge in [-0.25, -0.2) is 0 Å². The Bertz CT molecular complexity index is 422. The van der Waals surface area contributed by atoms with Gasteiger partial charge in [-0.05, 0) is 52.9 Å². The lowest BCUT2D eigenvalue weighted by molar-refractivity contribution is 0.0970. The molecule has 3 nitrogen and oxygen atoms in total. The van der Waals surface area contributed by atoms with Gasteiger partial charge in [-0.2, -0.15) is 0 Å². The van der Waals surface area contributed by atoms with Crippen LogP contribution >= 0.6 is 15.9 Å². The predicted octanol–water partition coefficient (Wildman–Crippen LogP) is 2.55. The number of rotatable bonds is 1. The zero-order valence-corrected chi connectivity index (χ0v) is 11.9. The summed E-state index contributed by atoms with van der Waals surface area (Å²) < 4.78 is 1.03. The van der Waals surface area contributed by atoms with Gasteiger partial charge in [0.2, 0.25) is 0 Å². The summed E-state index contributed by atoms with van der Waals surface area (Å²) in [6.45, 7) is 5.90. The molecule has 0 spiro atoms. The minimum absolute atomic E-state index is 0.167. The minimum atomic E-state index is -0.167. The average Bonchev–Trinajstić information content (AvgIpc) is 2.27. The maximum absolute atomic E-state index is 9.75. The number of hydrogen-bond donors (Lipinski definition) is 2. The van der Waals surface area contributed by atoms with E-state index in [0.29, 0.717) is 5.92 Å². The summed E-state index contributed by atoms with van der Waals surface area (Å²) in [6.07, 6.45) is 0.664. The maximum Gasteiger partial charge on any atom is 0.0599 e. The van der Waals surface area contributed by atoms with Gasteiger partial charge in [0.15, 0.2) is 0 Å². The zero-order valence-electron chi connectivity index (χ0n) is 10.3. The Morgan fingerprint density at radius 3 is 2.82 bits per heavy atom. The van der Waals surface area contributed by atoms with Crippen LogP contribution in [-0.4, -0.2) is 24.3 Å². The lowest BCUT2D eigenvalue weighted by Gasteiger charge is -2.36. The van der Waals surface area contributed by atoms with Crippen LogP contribution in [0.5, 0.6) is 0 Å². The molecule has 2 unspecified atom stereocenters. The van der Waals surface area contributed by atoms with Gasteiger partial charge in [0, 0.05) is 23.2 Å². The number of aliphatic hydroxyl groups is 1. The van der Waals surface area contributed by atoms with Crippen LogP contribution in [0.15, 0.2) is 16.6 Å². The second-order valence-electron chi connectivity index (χ2n) is 4.94. The fourth-order valence-electron chi connectivity index (χ4n) is 2.28. The number of piperidine rings is 1. The number of nitrogens with two attached hydrogens (primary N) is 1. The SMILES string of the molecule is Cc1cc(N2CCC(O)C(C)C2)c(Br)cc1N. The van der Waals surface area contributed by atoms with Crippen molar-refractivity contribution in [3.8, 4) is 0 Å². The van der Waals surface area contributed by atoms with E-state index in [1.54, 1.807) is 0 Å². The van der Waals surface area contributed by atoms with Gasteiger partial charge in [0.05, 0.1) is 11.8 Å². The van der Waals surface area contributed by atoms with E-state index in [0.717, 1.165) is 35.2 Å². The van der Waals surface area contributed by atoms with Gasteiger partial charge >= 0.3 is 0 Å². The van der Waals surface area contributed by atoms with E-state index in [9.17, 15) is 5.11 Å². The molecule has 0 aromatic heterocycles. The average molecular weight is 299 g/mol. The van der Waals surface area contributed by atoms with Crippen molar-refractivity contribution in [1.29, 1.82) is 0 Å². The van der Waals surface area contributed by atoms with Gasteiger partial charge in [-0.15, -0.1) is 0 Å². The van der Waals surface area contributed by atoms with Gasteiger partial charge in [-0.3, -0.25) is 0 Å². The minimum Gasteiger partial charge on any atom is -0.398 e. The molecule has 1 aromatic carbocycles. The summed E-state index contributed by atoms with van der Waals surface area (Å²) in [7, 11) is 0. The molecule has 1 aliphatic rings. The summed E-state index contributed by atoms with van der Waals surface area (Å²) in [6, 6.07) is 4.07. The molecule has 1 aliphatic heterocycles. The van der Waals surface area contributed by atoms with E-state index in [2.05, 4.69) is 33.8 Å². The number of nitrogen functional groups attached to an aromatic ring is 1. The molecule has 0 bridgehead atoms. The van der Waals surface area contributed by atoms with Crippen molar-refractivity contribution in [1.82, 2.24) is 0 Å². The quantitative estimate of drug-likeness (QED) is 0.784. The van der Waals surface area contributed by atoms with Crippen LogP contribution in [0.1, 0.15) is 18.9 Å². The summed E-state index contributed by atoms with van der Waals surface area (Å²) in [4.78, 5) is 2.31. The van der Waals surface area contributed by atoms with E-state index >= 15 is 0 Å². The highest BCUT2D eigenvalue weighted by Crippen LogP contribution is 2.33. The van der Waals surface area contributed by atoms with Crippen molar-refractivity contribution in [3.63, 3.8) is 0 Å². The molecule has 0 aliphatic carbocycles. The highest BCUT2D eigenvalue weighted by Gasteiger charge is 2.25. The predicted molar refractivity (Wildman–Crippen MR) is 75.3 cm³/mol. The van der Waals surface area contributed by atoms with Crippen LogP contribution in [0.4, 0.5) is 11.4 Å². The van der Waals surface area contributed by atoms with Gasteiger partial charge in [0.25, 0.3) is 0 Å². The molecule has 94 valence electrons. The Morgan fingerprint density at radius 2 is 2.18 bits per heavy atom. The maximum atomic E-state index is 9.75. The Kier molecular flexibility index (Phi) is 3.64. The third-order valence-electron chi connectivity index (χ3n) is 3.54. The van der Waals surface area contributed by atoms with Crippen LogP contribution in [-0.2, 0) is 0 Å². The van der Waals surface area contributed by atoms with E-state index in [1.807, 2.05) is 13.0 Å². The van der Waals surface area contributed by atoms with Crippen molar-refractivity contribution >= 4 is 27.3 Å². The van der Waals surface area contributed by atoms with Crippen LogP contribution < -0.4 is 10.6 Å². The second kappa shape index (κ2) is 4.86. The second-order valence-corrected chi connectivity index (χ2v) is 5.79. The van der Waals surface area contributed by atoms with Crippen molar-refractivity contribution in [2.45, 2.75) is 26.4 Å². The van der Waals surface area contributed by atoms with Crippen LogP contribution in [0.3, 0.4) is 0 Å². The van der Waals surface area contributed by atoms with Crippen LogP contribution in [0, 0.1) is 12.8 Å². The fourth-order valence-corrected chi connectivity index (χ4v) is 2.89. The normalized spacial score (nSPS) is 25.1. The first-order chi connectivity index (χ1) is 7.99. The monoisotopic (exact) mass is 298 g/mol. The van der Waals surface area contributed by atoms with Gasteiger partial charge < -0.3 is 15.7 Å². The van der Waals surface area contributed by atoms with Crippen molar-refractivity contribution in [3.05, 3.63) is 22.2 Å². The number of halogens is 1. The summed E-state index contributed by atoms with van der Waals surface area (Å²) in [5.41, 5.74) is 8.97. The van der Waals surface area contributed by atoms with Crippen molar-refractivity contribution < 1.29 is 5.11 Å². The molecule has 2 atom stereocenters. The number of anilines is 2. The third-order valence-corrected chi connectivity index (χ3v) is 4.17. The van der Waals surface area contributed by atoms with E-state index < -0.39 is 0 Å². The molecule has 0 saturated carbocycles. The molecule has 0 radical (unpaired) electrons. The number of aliphatic hydroxyl groups excluding tert-OH is 1. The molecule has 1 aromatic rings. The standard InChI is InChI=1S/C13H19BrN2O/c1-8-5-12(10(14)6-11(8)15)16-4-3-13(17)9(2)7-16/h5-6,9,13,17H,3-4,7,15H2,1-2H3. The molecule has 2 rings (SSSR count). The topological polar surface area (TPSA) is 49.5 Å². The van der Waals surface area contributed by atoms with Crippen molar-refractivity contribution in [2.75, 3.05) is 23.7 Å². The molecular formula is C13H19BrN2O. The molecule has 1 heterocycles. The zero-order chi connectivity index (χ0) is 12.6. The van der Waals surface area contributed by atoms with Crippen LogP contribution in [0.2, 0.25) is 0 Å². The van der Waals surface area contributed by atoms with E-state index in [-0.39, 0.29) is 6.10 Å². The molecular weight excluding hydrogens is 280 g/mol. The summed E-state index contributed by atoms with van der Waals surface area (Å²) in [5.74, 6) is 0.313. The molecule has 3 N–H and O–H groups in total. The Balaban J connectivity index is 2.26. The van der Waals surface area contributed by atoms with Crippen molar-refractivity contribution in [2.24, 2.45) is 5.92 Å². The number of benzene rings is 1.